The van der Waals surface area contributed by atoms with E-state index < -0.39 is 0 Å². The number of hydrogen-bond acceptors (Lipinski definition) is 3. The van der Waals surface area contributed by atoms with Crippen LogP contribution in [0.4, 0.5) is 5.69 Å². The van der Waals surface area contributed by atoms with E-state index in [0.717, 1.165) is 5.56 Å². The van der Waals surface area contributed by atoms with Gasteiger partial charge in [-0.1, -0.05) is 18.2 Å². The van der Waals surface area contributed by atoms with Crippen LogP contribution in [0.3, 0.4) is 0 Å². The van der Waals surface area contributed by atoms with Gasteiger partial charge in [0.2, 0.25) is 11.8 Å². The zero-order chi connectivity index (χ0) is 14.1. The molecular weight excluding hydrogens is 242 g/mol. The second kappa shape index (κ2) is 8.13. The molecule has 5 heteroatoms. The molecule has 0 aliphatic rings. The highest BCUT2D eigenvalue weighted by Crippen LogP contribution is 2.12. The number of nitrogen functional groups attached to an aromatic ring is 1. The maximum Gasteiger partial charge on any atom is 0.221 e. The predicted octanol–water partition coefficient (Wildman–Crippen LogP) is 0.844. The molecule has 0 aliphatic heterocycles. The smallest absolute Gasteiger partial charge is 0.221 e. The number of aryl methyl sites for hydroxylation is 1. The van der Waals surface area contributed by atoms with Crippen molar-refractivity contribution in [2.45, 2.75) is 26.2 Å². The summed E-state index contributed by atoms with van der Waals surface area (Å²) in [6, 6.07) is 7.50. The van der Waals surface area contributed by atoms with Gasteiger partial charge in [-0.05, 0) is 25.0 Å². The van der Waals surface area contributed by atoms with Crippen molar-refractivity contribution in [3.63, 3.8) is 0 Å². The van der Waals surface area contributed by atoms with Crippen LogP contribution in [-0.4, -0.2) is 24.9 Å². The van der Waals surface area contributed by atoms with Crippen LogP contribution in [-0.2, 0) is 16.0 Å². The van der Waals surface area contributed by atoms with Crippen molar-refractivity contribution < 1.29 is 9.59 Å². The minimum Gasteiger partial charge on any atom is -0.399 e. The normalized spacial score (nSPS) is 9.95. The molecular formula is C14H21N3O2. The largest absolute Gasteiger partial charge is 0.399 e. The van der Waals surface area contributed by atoms with Gasteiger partial charge in [0.25, 0.3) is 0 Å². The third-order valence-corrected chi connectivity index (χ3v) is 2.72. The van der Waals surface area contributed by atoms with Crippen molar-refractivity contribution in [2.24, 2.45) is 0 Å². The van der Waals surface area contributed by atoms with Gasteiger partial charge < -0.3 is 16.4 Å². The molecule has 0 bridgehead atoms. The highest BCUT2D eigenvalue weighted by atomic mass is 16.2. The summed E-state index contributed by atoms with van der Waals surface area (Å²) in [5.74, 6) is -0.109. The predicted molar refractivity (Wildman–Crippen MR) is 75.5 cm³/mol. The van der Waals surface area contributed by atoms with Crippen LogP contribution < -0.4 is 16.4 Å². The molecule has 0 saturated heterocycles. The van der Waals surface area contributed by atoms with Crippen LogP contribution in [0.2, 0.25) is 0 Å². The molecule has 0 saturated carbocycles. The van der Waals surface area contributed by atoms with Gasteiger partial charge in [0, 0.05) is 31.6 Å². The van der Waals surface area contributed by atoms with Crippen molar-refractivity contribution in [3.05, 3.63) is 29.8 Å². The molecule has 1 aromatic carbocycles. The number of nitrogens with two attached hydrogens (primary N) is 1. The molecule has 1 aromatic rings. The Morgan fingerprint density at radius 1 is 1.11 bits per heavy atom. The van der Waals surface area contributed by atoms with Crippen LogP contribution in [0.15, 0.2) is 24.3 Å². The molecule has 19 heavy (non-hydrogen) atoms. The average molecular weight is 263 g/mol. The quantitative estimate of drug-likeness (QED) is 0.637. The number of carbonyl (C=O) groups excluding carboxylic acids is 2. The van der Waals surface area contributed by atoms with Crippen molar-refractivity contribution in [1.29, 1.82) is 0 Å². The first-order valence-corrected chi connectivity index (χ1v) is 6.50. The van der Waals surface area contributed by atoms with E-state index in [1.54, 1.807) is 0 Å². The standard InChI is InChI=1S/C14H21N3O2/c1-2-16-14(19)9-10-17-13(18)8-7-11-5-3-4-6-12(11)15/h3-6H,2,7-10,15H2,1H3,(H,16,19)(H,17,18). The number of para-hydroxylation sites is 1. The number of anilines is 1. The van der Waals surface area contributed by atoms with Gasteiger partial charge in [-0.25, -0.2) is 0 Å². The number of benzene rings is 1. The van der Waals surface area contributed by atoms with E-state index in [2.05, 4.69) is 10.6 Å². The summed E-state index contributed by atoms with van der Waals surface area (Å²) < 4.78 is 0. The van der Waals surface area contributed by atoms with E-state index in [4.69, 9.17) is 5.73 Å². The fraction of sp³-hybridized carbons (Fsp3) is 0.429. The minimum atomic E-state index is -0.0625. The van der Waals surface area contributed by atoms with Gasteiger partial charge in [-0.2, -0.15) is 0 Å². The second-order valence-corrected chi connectivity index (χ2v) is 4.25. The summed E-state index contributed by atoms with van der Waals surface area (Å²) in [6.45, 7) is 2.84. The van der Waals surface area contributed by atoms with Crippen molar-refractivity contribution >= 4 is 17.5 Å². The lowest BCUT2D eigenvalue weighted by Crippen LogP contribution is -2.30. The third-order valence-electron chi connectivity index (χ3n) is 2.72. The molecule has 0 aliphatic carbocycles. The lowest BCUT2D eigenvalue weighted by molar-refractivity contribution is -0.122. The third kappa shape index (κ3) is 5.90. The van der Waals surface area contributed by atoms with Crippen molar-refractivity contribution in [2.75, 3.05) is 18.8 Å². The Labute approximate surface area is 113 Å². The molecule has 0 aromatic heterocycles. The van der Waals surface area contributed by atoms with Crippen LogP contribution in [0.25, 0.3) is 0 Å². The summed E-state index contributed by atoms with van der Waals surface area (Å²) in [4.78, 5) is 22.8. The maximum absolute atomic E-state index is 11.6. The lowest BCUT2D eigenvalue weighted by Gasteiger charge is -2.07. The van der Waals surface area contributed by atoms with Crippen molar-refractivity contribution in [3.8, 4) is 0 Å². The van der Waals surface area contributed by atoms with Crippen LogP contribution in [0.5, 0.6) is 0 Å². The Morgan fingerprint density at radius 3 is 2.47 bits per heavy atom. The Morgan fingerprint density at radius 2 is 1.79 bits per heavy atom. The summed E-state index contributed by atoms with van der Waals surface area (Å²) >= 11 is 0. The molecule has 0 radical (unpaired) electrons. The molecule has 0 fully saturated rings. The summed E-state index contributed by atoms with van der Waals surface area (Å²) in [5.41, 5.74) is 7.47. The number of amides is 2. The first kappa shape index (κ1) is 15.0. The SMILES string of the molecule is CCNC(=O)CCNC(=O)CCc1ccccc1N. The Hall–Kier alpha value is -2.04. The molecule has 4 N–H and O–H groups in total. The van der Waals surface area contributed by atoms with E-state index in [1.807, 2.05) is 31.2 Å². The van der Waals surface area contributed by atoms with E-state index in [1.165, 1.54) is 0 Å². The molecule has 2 amide bonds. The highest BCUT2D eigenvalue weighted by Gasteiger charge is 2.05. The molecule has 0 unspecified atom stereocenters. The number of hydrogen-bond donors (Lipinski definition) is 3. The number of carbonyl (C=O) groups is 2. The molecule has 104 valence electrons. The van der Waals surface area contributed by atoms with Crippen LogP contribution >= 0.6 is 0 Å². The number of nitrogens with one attached hydrogen (secondary N) is 2. The van der Waals surface area contributed by atoms with Crippen LogP contribution in [0, 0.1) is 0 Å². The van der Waals surface area contributed by atoms with Crippen molar-refractivity contribution in [1.82, 2.24) is 10.6 Å². The van der Waals surface area contributed by atoms with E-state index in [0.29, 0.717) is 38.0 Å². The summed E-state index contributed by atoms with van der Waals surface area (Å²) in [5, 5.41) is 5.40. The first-order valence-electron chi connectivity index (χ1n) is 6.50. The first-order chi connectivity index (χ1) is 9.13. The second-order valence-electron chi connectivity index (χ2n) is 4.25. The highest BCUT2D eigenvalue weighted by molar-refractivity contribution is 5.79. The molecule has 5 nitrogen and oxygen atoms in total. The maximum atomic E-state index is 11.6. The Kier molecular flexibility index (Phi) is 6.43. The van der Waals surface area contributed by atoms with Gasteiger partial charge in [-0.3, -0.25) is 9.59 Å². The summed E-state index contributed by atoms with van der Waals surface area (Å²) in [6.07, 6.45) is 1.30. The van der Waals surface area contributed by atoms with E-state index in [9.17, 15) is 9.59 Å². The Bertz CT molecular complexity index is 432. The summed E-state index contributed by atoms with van der Waals surface area (Å²) in [7, 11) is 0. The lowest BCUT2D eigenvalue weighted by atomic mass is 10.1. The molecule has 0 spiro atoms. The fourth-order valence-electron chi connectivity index (χ4n) is 1.70. The topological polar surface area (TPSA) is 84.2 Å². The minimum absolute atomic E-state index is 0.0462. The average Bonchev–Trinajstić information content (AvgIpc) is 2.38. The van der Waals surface area contributed by atoms with Gasteiger partial charge in [-0.15, -0.1) is 0 Å². The Balaban J connectivity index is 2.22. The zero-order valence-electron chi connectivity index (χ0n) is 11.2. The van der Waals surface area contributed by atoms with Gasteiger partial charge in [0.05, 0.1) is 0 Å². The van der Waals surface area contributed by atoms with Crippen LogP contribution in [0.1, 0.15) is 25.3 Å². The monoisotopic (exact) mass is 263 g/mol. The van der Waals surface area contributed by atoms with Gasteiger partial charge >= 0.3 is 0 Å². The van der Waals surface area contributed by atoms with E-state index >= 15 is 0 Å². The van der Waals surface area contributed by atoms with Gasteiger partial charge in [0.1, 0.15) is 0 Å². The molecule has 1 rings (SSSR count). The fourth-order valence-corrected chi connectivity index (χ4v) is 1.70. The number of rotatable bonds is 7. The van der Waals surface area contributed by atoms with Gasteiger partial charge in [0.15, 0.2) is 0 Å². The zero-order valence-corrected chi connectivity index (χ0v) is 11.2. The molecule has 0 atom stereocenters. The molecule has 0 heterocycles. The van der Waals surface area contributed by atoms with E-state index in [-0.39, 0.29) is 11.8 Å².